The van der Waals surface area contributed by atoms with E-state index in [9.17, 15) is 5.11 Å². The number of aryl methyl sites for hydroxylation is 1. The lowest BCUT2D eigenvalue weighted by Gasteiger charge is -2.04. The van der Waals surface area contributed by atoms with E-state index < -0.39 is 0 Å². The van der Waals surface area contributed by atoms with E-state index >= 15 is 0 Å². The van der Waals surface area contributed by atoms with Gasteiger partial charge in [-0.15, -0.1) is 11.3 Å². The van der Waals surface area contributed by atoms with E-state index in [2.05, 4.69) is 6.92 Å². The van der Waals surface area contributed by atoms with Crippen LogP contribution in [0.1, 0.15) is 10.4 Å². The minimum Gasteiger partial charge on any atom is -0.507 e. The zero-order chi connectivity index (χ0) is 13.2. The number of thiophene rings is 1. The molecule has 0 saturated carbocycles. The van der Waals surface area contributed by atoms with E-state index in [1.165, 1.54) is 5.56 Å². The number of hydrogen-bond acceptors (Lipinski definition) is 3. The van der Waals surface area contributed by atoms with Crippen molar-refractivity contribution in [2.75, 3.05) is 0 Å². The van der Waals surface area contributed by atoms with Crippen LogP contribution in [0.3, 0.4) is 0 Å². The molecule has 3 aromatic rings. The van der Waals surface area contributed by atoms with Gasteiger partial charge in [0.1, 0.15) is 18.1 Å². The molecule has 3 rings (SSSR count). The first-order chi connectivity index (χ1) is 9.22. The van der Waals surface area contributed by atoms with Crippen molar-refractivity contribution in [3.63, 3.8) is 0 Å². The zero-order valence-corrected chi connectivity index (χ0v) is 11.4. The summed E-state index contributed by atoms with van der Waals surface area (Å²) >= 11 is 1.65. The number of hydrogen-bond donors (Lipinski definition) is 1. The van der Waals surface area contributed by atoms with Gasteiger partial charge in [0, 0.05) is 15.0 Å². The van der Waals surface area contributed by atoms with Gasteiger partial charge in [-0.25, -0.2) is 0 Å². The van der Waals surface area contributed by atoms with Crippen molar-refractivity contribution in [2.24, 2.45) is 0 Å². The van der Waals surface area contributed by atoms with Crippen molar-refractivity contribution >= 4 is 21.4 Å². The summed E-state index contributed by atoms with van der Waals surface area (Å²) in [5, 5.41) is 10.7. The lowest BCUT2D eigenvalue weighted by atomic mass is 10.2. The highest BCUT2D eigenvalue weighted by atomic mass is 32.1. The Hall–Kier alpha value is -2.00. The Labute approximate surface area is 115 Å². The maximum absolute atomic E-state index is 9.77. The number of aromatic hydroxyl groups is 1. The summed E-state index contributed by atoms with van der Waals surface area (Å²) in [4.78, 5) is 1.11. The fraction of sp³-hybridized carbons (Fsp3) is 0.125. The molecule has 2 aromatic carbocycles. The van der Waals surface area contributed by atoms with Crippen LogP contribution in [0.2, 0.25) is 0 Å². The van der Waals surface area contributed by atoms with Crippen LogP contribution in [0.15, 0.2) is 48.5 Å². The number of ether oxygens (including phenoxy) is 1. The maximum Gasteiger partial charge on any atom is 0.124 e. The van der Waals surface area contributed by atoms with Gasteiger partial charge in [-0.1, -0.05) is 23.8 Å². The van der Waals surface area contributed by atoms with E-state index in [1.54, 1.807) is 17.4 Å². The molecule has 0 aliphatic heterocycles. The first-order valence-corrected chi connectivity index (χ1v) is 6.94. The van der Waals surface area contributed by atoms with Crippen LogP contribution >= 0.6 is 11.3 Å². The lowest BCUT2D eigenvalue weighted by Crippen LogP contribution is -1.92. The highest BCUT2D eigenvalue weighted by Crippen LogP contribution is 2.32. The van der Waals surface area contributed by atoms with Gasteiger partial charge >= 0.3 is 0 Å². The molecule has 0 amide bonds. The van der Waals surface area contributed by atoms with E-state index in [4.69, 9.17) is 4.74 Å². The third kappa shape index (κ3) is 2.56. The van der Waals surface area contributed by atoms with Crippen LogP contribution in [0, 0.1) is 6.92 Å². The van der Waals surface area contributed by atoms with Gasteiger partial charge in [0.25, 0.3) is 0 Å². The molecule has 0 unspecified atom stereocenters. The summed E-state index contributed by atoms with van der Waals surface area (Å²) in [6.45, 7) is 2.58. The fourth-order valence-corrected chi connectivity index (χ4v) is 2.96. The van der Waals surface area contributed by atoms with Gasteiger partial charge in [-0.3, -0.25) is 0 Å². The summed E-state index contributed by atoms with van der Waals surface area (Å²) in [7, 11) is 0. The number of benzene rings is 2. The highest BCUT2D eigenvalue weighted by Gasteiger charge is 2.05. The van der Waals surface area contributed by atoms with E-state index in [0.717, 1.165) is 20.7 Å². The molecule has 0 radical (unpaired) electrons. The van der Waals surface area contributed by atoms with Crippen LogP contribution in [-0.2, 0) is 6.61 Å². The van der Waals surface area contributed by atoms with Gasteiger partial charge in [-0.2, -0.15) is 0 Å². The van der Waals surface area contributed by atoms with Crippen molar-refractivity contribution < 1.29 is 9.84 Å². The van der Waals surface area contributed by atoms with Gasteiger partial charge in [-0.05, 0) is 37.3 Å². The van der Waals surface area contributed by atoms with Gasteiger partial charge in [0.15, 0.2) is 0 Å². The van der Waals surface area contributed by atoms with Crippen LogP contribution in [0.25, 0.3) is 10.1 Å². The molecular weight excluding hydrogens is 256 g/mol. The van der Waals surface area contributed by atoms with Crippen LogP contribution < -0.4 is 4.74 Å². The third-order valence-corrected chi connectivity index (χ3v) is 4.07. The summed E-state index contributed by atoms with van der Waals surface area (Å²) in [5.41, 5.74) is 1.22. The second kappa shape index (κ2) is 4.94. The number of fused-ring (bicyclic) bond motifs is 1. The van der Waals surface area contributed by atoms with Crippen LogP contribution in [0.5, 0.6) is 11.5 Å². The lowest BCUT2D eigenvalue weighted by molar-refractivity contribution is 0.310. The van der Waals surface area contributed by atoms with Crippen molar-refractivity contribution in [3.05, 3.63) is 59.0 Å². The molecule has 19 heavy (non-hydrogen) atoms. The quantitative estimate of drug-likeness (QED) is 0.759. The minimum atomic E-state index is 0.329. The number of phenols is 1. The highest BCUT2D eigenvalue weighted by molar-refractivity contribution is 7.19. The molecule has 0 fully saturated rings. The van der Waals surface area contributed by atoms with Crippen LogP contribution in [0.4, 0.5) is 0 Å². The van der Waals surface area contributed by atoms with Gasteiger partial charge in [0.2, 0.25) is 0 Å². The van der Waals surface area contributed by atoms with Crippen LogP contribution in [-0.4, -0.2) is 5.11 Å². The van der Waals surface area contributed by atoms with E-state index in [-0.39, 0.29) is 0 Å². The summed E-state index contributed by atoms with van der Waals surface area (Å²) in [5.74, 6) is 1.20. The monoisotopic (exact) mass is 270 g/mol. The van der Waals surface area contributed by atoms with Crippen molar-refractivity contribution in [1.29, 1.82) is 0 Å². The Morgan fingerprint density at radius 3 is 2.63 bits per heavy atom. The molecule has 0 saturated heterocycles. The SMILES string of the molecule is Cc1ccc(OCc2cc3c(O)cccc3s2)cc1. The molecule has 1 aromatic heterocycles. The Bertz CT molecular complexity index is 698. The van der Waals surface area contributed by atoms with Gasteiger partial charge in [0.05, 0.1) is 0 Å². The molecule has 0 atom stereocenters. The molecule has 3 heteroatoms. The second-order valence-electron chi connectivity index (χ2n) is 4.50. The predicted molar refractivity (Wildman–Crippen MR) is 79.0 cm³/mol. The topological polar surface area (TPSA) is 29.5 Å². The van der Waals surface area contributed by atoms with E-state index in [0.29, 0.717) is 12.4 Å². The van der Waals surface area contributed by atoms with Gasteiger partial charge < -0.3 is 9.84 Å². The predicted octanol–water partition coefficient (Wildman–Crippen LogP) is 4.49. The average molecular weight is 270 g/mol. The largest absolute Gasteiger partial charge is 0.507 e. The standard InChI is InChI=1S/C16H14O2S/c1-11-5-7-12(8-6-11)18-10-13-9-14-15(17)3-2-4-16(14)19-13/h2-9,17H,10H2,1H3. The third-order valence-electron chi connectivity index (χ3n) is 2.99. The first kappa shape index (κ1) is 12.1. The summed E-state index contributed by atoms with van der Waals surface area (Å²) < 4.78 is 6.83. The summed E-state index contributed by atoms with van der Waals surface area (Å²) in [6, 6.07) is 15.6. The molecular formula is C16H14O2S. The maximum atomic E-state index is 9.77. The molecule has 0 aliphatic carbocycles. The second-order valence-corrected chi connectivity index (χ2v) is 5.67. The molecule has 96 valence electrons. The number of phenolic OH excluding ortho intramolecular Hbond substituents is 1. The zero-order valence-electron chi connectivity index (χ0n) is 10.6. The molecule has 0 bridgehead atoms. The number of rotatable bonds is 3. The summed E-state index contributed by atoms with van der Waals surface area (Å²) in [6.07, 6.45) is 0. The molecule has 1 N–H and O–H groups in total. The molecule has 2 nitrogen and oxygen atoms in total. The minimum absolute atomic E-state index is 0.329. The molecule has 0 aliphatic rings. The Morgan fingerprint density at radius 1 is 1.11 bits per heavy atom. The van der Waals surface area contributed by atoms with E-state index in [1.807, 2.05) is 42.5 Å². The Kier molecular flexibility index (Phi) is 3.13. The van der Waals surface area contributed by atoms with Crippen molar-refractivity contribution in [3.8, 4) is 11.5 Å². The molecule has 1 heterocycles. The smallest absolute Gasteiger partial charge is 0.124 e. The Morgan fingerprint density at radius 2 is 1.89 bits per heavy atom. The normalized spacial score (nSPS) is 10.8. The fourth-order valence-electron chi connectivity index (χ4n) is 1.96. The van der Waals surface area contributed by atoms with Crippen molar-refractivity contribution in [2.45, 2.75) is 13.5 Å². The van der Waals surface area contributed by atoms with Crippen molar-refractivity contribution in [1.82, 2.24) is 0 Å². The molecule has 0 spiro atoms. The first-order valence-electron chi connectivity index (χ1n) is 6.12. The Balaban J connectivity index is 1.78. The average Bonchev–Trinajstić information content (AvgIpc) is 2.83.